The highest BCUT2D eigenvalue weighted by Crippen LogP contribution is 2.30. The van der Waals surface area contributed by atoms with Crippen molar-refractivity contribution >= 4 is 38.3 Å². The lowest BCUT2D eigenvalue weighted by Gasteiger charge is -2.12. The van der Waals surface area contributed by atoms with E-state index in [0.717, 1.165) is 36.1 Å². The number of benzene rings is 2. The molecule has 0 amide bonds. The third-order valence-corrected chi connectivity index (χ3v) is 7.35. The number of carbonyl (C=O) groups excluding carboxylic acids is 1. The van der Waals surface area contributed by atoms with Gasteiger partial charge >= 0.3 is 0 Å². The van der Waals surface area contributed by atoms with Crippen LogP contribution in [0.25, 0.3) is 22.2 Å². The summed E-state index contributed by atoms with van der Waals surface area (Å²) in [5, 5.41) is 0.304. The first-order chi connectivity index (χ1) is 18.5. The molecule has 39 heavy (non-hydrogen) atoms. The van der Waals surface area contributed by atoms with Crippen LogP contribution in [0, 0.1) is 17.5 Å². The highest BCUT2D eigenvalue weighted by molar-refractivity contribution is 7.92. The molecule has 5 rings (SSSR count). The fourth-order valence-electron chi connectivity index (χ4n) is 3.98. The number of pyridine rings is 2. The minimum absolute atomic E-state index is 0.0693. The van der Waals surface area contributed by atoms with Gasteiger partial charge in [0, 0.05) is 54.8 Å². The molecule has 2 N–H and O–H groups in total. The van der Waals surface area contributed by atoms with Gasteiger partial charge in [0.15, 0.2) is 5.82 Å². The quantitative estimate of drug-likeness (QED) is 0.271. The molecule has 0 atom stereocenters. The molecule has 3 aromatic heterocycles. The molecule has 8 nitrogen and oxygen atoms in total. The number of nitrogens with one attached hydrogen (secondary N) is 2. The van der Waals surface area contributed by atoms with Gasteiger partial charge in [0.1, 0.15) is 23.1 Å². The van der Waals surface area contributed by atoms with Crippen molar-refractivity contribution in [2.75, 3.05) is 23.7 Å². The predicted octanol–water partition coefficient (Wildman–Crippen LogP) is 5.14. The van der Waals surface area contributed by atoms with Gasteiger partial charge in [-0.15, -0.1) is 0 Å². The van der Waals surface area contributed by atoms with E-state index < -0.39 is 49.4 Å². The van der Waals surface area contributed by atoms with E-state index in [4.69, 9.17) is 0 Å². The number of sulfonamides is 1. The summed E-state index contributed by atoms with van der Waals surface area (Å²) in [6.07, 6.45) is 4.49. The first-order valence-electron chi connectivity index (χ1n) is 11.5. The van der Waals surface area contributed by atoms with E-state index in [1.54, 1.807) is 18.5 Å². The van der Waals surface area contributed by atoms with Crippen molar-refractivity contribution in [3.8, 4) is 11.1 Å². The van der Waals surface area contributed by atoms with Crippen molar-refractivity contribution in [3.05, 3.63) is 102 Å². The van der Waals surface area contributed by atoms with E-state index in [9.17, 15) is 22.0 Å². The summed E-state index contributed by atoms with van der Waals surface area (Å²) in [6.45, 7) is 0. The topological polar surface area (TPSA) is 108 Å². The van der Waals surface area contributed by atoms with E-state index in [1.807, 2.05) is 35.9 Å². The zero-order chi connectivity index (χ0) is 27.9. The maximum Gasteiger partial charge on any atom is 0.262 e. The Labute approximate surface area is 221 Å². The normalized spacial score (nSPS) is 11.5. The summed E-state index contributed by atoms with van der Waals surface area (Å²) in [5.41, 5.74) is -0.0661. The number of nitrogens with zero attached hydrogens (tertiary/aromatic N) is 3. The smallest absolute Gasteiger partial charge is 0.262 e. The zero-order valence-corrected chi connectivity index (χ0v) is 21.4. The lowest BCUT2D eigenvalue weighted by Crippen LogP contribution is -2.16. The summed E-state index contributed by atoms with van der Waals surface area (Å²) < 4.78 is 71.1. The molecule has 0 unspecified atom stereocenters. The number of aromatic amines is 1. The molecular formula is C27H20F3N5O3S. The monoisotopic (exact) mass is 551 g/mol. The lowest BCUT2D eigenvalue weighted by atomic mass is 10.00. The van der Waals surface area contributed by atoms with Gasteiger partial charge in [0.25, 0.3) is 10.0 Å². The van der Waals surface area contributed by atoms with Gasteiger partial charge in [-0.05, 0) is 48.5 Å². The summed E-state index contributed by atoms with van der Waals surface area (Å²) in [6, 6.07) is 11.0. The van der Waals surface area contributed by atoms with Gasteiger partial charge < -0.3 is 9.88 Å². The molecule has 0 fully saturated rings. The molecule has 12 heteroatoms. The third kappa shape index (κ3) is 4.93. The van der Waals surface area contributed by atoms with Gasteiger partial charge in [-0.1, -0.05) is 6.07 Å². The van der Waals surface area contributed by atoms with E-state index in [1.165, 1.54) is 12.3 Å². The average Bonchev–Trinajstić information content (AvgIpc) is 3.34. The molecule has 198 valence electrons. The number of carbonyl (C=O) groups is 1. The average molecular weight is 552 g/mol. The molecule has 5 aromatic rings. The molecule has 0 spiro atoms. The lowest BCUT2D eigenvalue weighted by molar-refractivity contribution is 0.103. The zero-order valence-electron chi connectivity index (χ0n) is 20.5. The van der Waals surface area contributed by atoms with E-state index in [2.05, 4.69) is 15.0 Å². The molecule has 3 heterocycles. The second-order valence-electron chi connectivity index (χ2n) is 8.80. The number of fused-ring (bicyclic) bond motifs is 1. The highest BCUT2D eigenvalue weighted by Gasteiger charge is 2.26. The van der Waals surface area contributed by atoms with Crippen molar-refractivity contribution in [2.45, 2.75) is 4.90 Å². The first kappa shape index (κ1) is 25.9. The fourth-order valence-corrected chi connectivity index (χ4v) is 5.07. The Balaban J connectivity index is 1.53. The number of hydrogen-bond donors (Lipinski definition) is 2. The van der Waals surface area contributed by atoms with Gasteiger partial charge in [-0.25, -0.2) is 31.6 Å². The Morgan fingerprint density at radius 2 is 1.72 bits per heavy atom. The number of hydrogen-bond acceptors (Lipinski definition) is 6. The number of halogens is 3. The van der Waals surface area contributed by atoms with Crippen molar-refractivity contribution in [1.29, 1.82) is 0 Å². The molecule has 0 saturated carbocycles. The maximum atomic E-state index is 15.4. The summed E-state index contributed by atoms with van der Waals surface area (Å²) in [7, 11) is -0.727. The van der Waals surface area contributed by atoms with Crippen LogP contribution in [0.5, 0.6) is 0 Å². The Morgan fingerprint density at radius 1 is 0.949 bits per heavy atom. The summed E-state index contributed by atoms with van der Waals surface area (Å²) >= 11 is 0. The van der Waals surface area contributed by atoms with Crippen molar-refractivity contribution in [3.63, 3.8) is 0 Å². The van der Waals surface area contributed by atoms with E-state index in [-0.39, 0.29) is 5.56 Å². The van der Waals surface area contributed by atoms with E-state index in [0.29, 0.717) is 22.2 Å². The Kier molecular flexibility index (Phi) is 6.56. The number of ketones is 1. The molecular weight excluding hydrogens is 531 g/mol. The van der Waals surface area contributed by atoms with Crippen LogP contribution in [0.15, 0.2) is 78.1 Å². The molecule has 0 radical (unpaired) electrons. The second-order valence-corrected chi connectivity index (χ2v) is 10.5. The van der Waals surface area contributed by atoms with Crippen LogP contribution in [0.3, 0.4) is 0 Å². The van der Waals surface area contributed by atoms with Gasteiger partial charge in [-0.2, -0.15) is 0 Å². The SMILES string of the molecule is CN(C)c1ccc(-c2cnc3[nH]cc(C(=O)c4c(F)ccc(NS(=O)(=O)c5cccc(F)c5)c4F)c3c2)cn1. The van der Waals surface area contributed by atoms with Crippen LogP contribution in [0.4, 0.5) is 24.7 Å². The standard InChI is InChI=1S/C27H20F3N5O3S/c1-35(2)23-9-6-15(12-31-23)16-10-19-20(14-33-27(19)32-13-16)26(36)24-21(29)7-8-22(25(24)30)34-39(37,38)18-5-3-4-17(28)11-18/h3-14,34H,1-2H3,(H,32,33). The molecule has 0 aliphatic rings. The highest BCUT2D eigenvalue weighted by atomic mass is 32.2. The number of aromatic nitrogens is 3. The molecule has 0 aliphatic carbocycles. The van der Waals surface area contributed by atoms with Gasteiger partial charge in [0.2, 0.25) is 5.78 Å². The van der Waals surface area contributed by atoms with Crippen molar-refractivity contribution in [2.24, 2.45) is 0 Å². The van der Waals surface area contributed by atoms with Crippen LogP contribution in [0.2, 0.25) is 0 Å². The van der Waals surface area contributed by atoms with Gasteiger partial charge in [-0.3, -0.25) is 9.52 Å². The Bertz CT molecular complexity index is 1840. The molecule has 0 saturated heterocycles. The number of H-pyrrole nitrogens is 1. The predicted molar refractivity (Wildman–Crippen MR) is 141 cm³/mol. The molecule has 0 bridgehead atoms. The number of rotatable bonds is 7. The maximum absolute atomic E-state index is 15.4. The second kappa shape index (κ2) is 9.87. The molecule has 2 aromatic carbocycles. The van der Waals surface area contributed by atoms with E-state index >= 15 is 4.39 Å². The van der Waals surface area contributed by atoms with Crippen LogP contribution in [-0.4, -0.2) is 43.2 Å². The number of anilines is 2. The minimum Gasteiger partial charge on any atom is -0.363 e. The van der Waals surface area contributed by atoms with Crippen molar-refractivity contribution < 1.29 is 26.4 Å². The first-order valence-corrected chi connectivity index (χ1v) is 13.0. The fraction of sp³-hybridized carbons (Fsp3) is 0.0741. The van der Waals surface area contributed by atoms with Crippen LogP contribution >= 0.6 is 0 Å². The largest absolute Gasteiger partial charge is 0.363 e. The third-order valence-electron chi connectivity index (χ3n) is 5.98. The summed E-state index contributed by atoms with van der Waals surface area (Å²) in [4.78, 5) is 26.2. The molecule has 0 aliphatic heterocycles. The van der Waals surface area contributed by atoms with Crippen LogP contribution in [0.1, 0.15) is 15.9 Å². The van der Waals surface area contributed by atoms with Crippen molar-refractivity contribution in [1.82, 2.24) is 15.0 Å². The van der Waals surface area contributed by atoms with Crippen LogP contribution < -0.4 is 9.62 Å². The summed E-state index contributed by atoms with van der Waals surface area (Å²) in [5.74, 6) is -3.70. The Morgan fingerprint density at radius 3 is 2.41 bits per heavy atom. The minimum atomic E-state index is -4.44. The van der Waals surface area contributed by atoms with Crippen LogP contribution in [-0.2, 0) is 10.0 Å². The van der Waals surface area contributed by atoms with Gasteiger partial charge in [0.05, 0.1) is 16.1 Å². The Hall–Kier alpha value is -4.71.